The van der Waals surface area contributed by atoms with Crippen molar-refractivity contribution in [1.82, 2.24) is 14.8 Å². The van der Waals surface area contributed by atoms with Gasteiger partial charge in [-0.3, -0.25) is 9.69 Å². The summed E-state index contributed by atoms with van der Waals surface area (Å²) >= 11 is 0. The van der Waals surface area contributed by atoms with E-state index < -0.39 is 0 Å². The molecule has 2 aromatic carbocycles. The molecule has 0 unspecified atom stereocenters. The molecule has 1 N–H and O–H groups in total. The van der Waals surface area contributed by atoms with Gasteiger partial charge in [-0.05, 0) is 48.6 Å². The first kappa shape index (κ1) is 17.8. The summed E-state index contributed by atoms with van der Waals surface area (Å²) in [4.78, 5) is 20.2. The van der Waals surface area contributed by atoms with Crippen molar-refractivity contribution in [2.24, 2.45) is 0 Å². The molecule has 140 valence electrons. The van der Waals surface area contributed by atoms with Crippen molar-refractivity contribution >= 4 is 16.8 Å². The van der Waals surface area contributed by atoms with E-state index in [1.54, 1.807) is 0 Å². The Balaban J connectivity index is 1.33. The first-order chi connectivity index (χ1) is 13.1. The molecular formula is C23H27N3O. The van der Waals surface area contributed by atoms with Gasteiger partial charge in [-0.2, -0.15) is 0 Å². The predicted molar refractivity (Wildman–Crippen MR) is 110 cm³/mol. The monoisotopic (exact) mass is 361 g/mol. The maximum Gasteiger partial charge on any atom is 0.237 e. The lowest BCUT2D eigenvalue weighted by Crippen LogP contribution is -2.50. The number of nitrogens with zero attached hydrogens (tertiary/aromatic N) is 2. The van der Waals surface area contributed by atoms with Gasteiger partial charge in [0.15, 0.2) is 0 Å². The minimum Gasteiger partial charge on any atom is -0.361 e. The molecule has 0 atom stereocenters. The number of H-pyrrole nitrogens is 1. The number of aryl methyl sites for hydroxylation is 2. The van der Waals surface area contributed by atoms with Gasteiger partial charge in [-0.25, -0.2) is 0 Å². The number of amides is 1. The third-order valence-corrected chi connectivity index (χ3v) is 5.71. The highest BCUT2D eigenvalue weighted by atomic mass is 16.2. The molecule has 0 aliphatic carbocycles. The number of rotatable bonds is 5. The maximum absolute atomic E-state index is 12.6. The standard InChI is InChI=1S/C23H27N3O/c1-17-7-8-19(13-18(17)2)15-26-12-11-25(16-23(26)27)10-9-20-14-24-22-6-4-3-5-21(20)22/h3-8,13-14,24H,9-12,15-16H2,1-2H3. The number of carbonyl (C=O) groups excluding carboxylic acids is 1. The number of piperazine rings is 1. The van der Waals surface area contributed by atoms with Gasteiger partial charge in [-0.15, -0.1) is 0 Å². The van der Waals surface area contributed by atoms with Crippen LogP contribution in [0.15, 0.2) is 48.7 Å². The fraction of sp³-hybridized carbons (Fsp3) is 0.348. The summed E-state index contributed by atoms with van der Waals surface area (Å²) in [5.74, 6) is 0.235. The molecule has 2 heterocycles. The zero-order chi connectivity index (χ0) is 18.8. The molecule has 1 amide bonds. The zero-order valence-corrected chi connectivity index (χ0v) is 16.2. The molecule has 4 heteroatoms. The Kier molecular flexibility index (Phi) is 4.99. The molecule has 0 bridgehead atoms. The van der Waals surface area contributed by atoms with Crippen LogP contribution in [0.1, 0.15) is 22.3 Å². The smallest absolute Gasteiger partial charge is 0.237 e. The minimum atomic E-state index is 0.235. The second kappa shape index (κ2) is 7.57. The molecular weight excluding hydrogens is 334 g/mol. The molecule has 1 aromatic heterocycles. The number of para-hydroxylation sites is 1. The molecule has 1 saturated heterocycles. The summed E-state index contributed by atoms with van der Waals surface area (Å²) in [6.45, 7) is 8.16. The van der Waals surface area contributed by atoms with E-state index in [0.717, 1.165) is 32.6 Å². The van der Waals surface area contributed by atoms with Crippen molar-refractivity contribution < 1.29 is 4.79 Å². The highest BCUT2D eigenvalue weighted by Crippen LogP contribution is 2.19. The predicted octanol–water partition coefficient (Wildman–Crippen LogP) is 3.67. The fourth-order valence-electron chi connectivity index (χ4n) is 3.85. The molecule has 1 aliphatic heterocycles. The first-order valence-corrected chi connectivity index (χ1v) is 9.71. The van der Waals surface area contributed by atoms with E-state index in [1.807, 2.05) is 4.90 Å². The molecule has 4 rings (SSSR count). The summed E-state index contributed by atoms with van der Waals surface area (Å²) < 4.78 is 0. The molecule has 0 radical (unpaired) electrons. The largest absolute Gasteiger partial charge is 0.361 e. The number of aromatic nitrogens is 1. The van der Waals surface area contributed by atoms with E-state index in [2.05, 4.69) is 72.4 Å². The Morgan fingerprint density at radius 2 is 1.89 bits per heavy atom. The maximum atomic E-state index is 12.6. The van der Waals surface area contributed by atoms with Gasteiger partial charge in [0.25, 0.3) is 0 Å². The van der Waals surface area contributed by atoms with Gasteiger partial charge in [0.1, 0.15) is 0 Å². The summed E-state index contributed by atoms with van der Waals surface area (Å²) in [6, 6.07) is 14.9. The molecule has 0 spiro atoms. The second-order valence-corrected chi connectivity index (χ2v) is 7.62. The van der Waals surface area contributed by atoms with E-state index >= 15 is 0 Å². The summed E-state index contributed by atoms with van der Waals surface area (Å²) in [5, 5.41) is 1.29. The van der Waals surface area contributed by atoms with Crippen molar-refractivity contribution in [3.8, 4) is 0 Å². The summed E-state index contributed by atoms with van der Waals surface area (Å²) in [5.41, 5.74) is 6.32. The van der Waals surface area contributed by atoms with Crippen LogP contribution >= 0.6 is 0 Å². The number of fused-ring (bicyclic) bond motifs is 1. The van der Waals surface area contributed by atoms with Crippen molar-refractivity contribution in [3.63, 3.8) is 0 Å². The average Bonchev–Trinajstić information content (AvgIpc) is 3.08. The van der Waals surface area contributed by atoms with Crippen LogP contribution in [-0.2, 0) is 17.8 Å². The van der Waals surface area contributed by atoms with Gasteiger partial charge in [-0.1, -0.05) is 36.4 Å². The molecule has 1 aliphatic rings. The molecule has 3 aromatic rings. The Labute approximate surface area is 160 Å². The molecule has 0 saturated carbocycles. The van der Waals surface area contributed by atoms with Crippen molar-refractivity contribution in [3.05, 3.63) is 70.9 Å². The number of hydrogen-bond donors (Lipinski definition) is 1. The van der Waals surface area contributed by atoms with Crippen LogP contribution in [0.25, 0.3) is 10.9 Å². The van der Waals surface area contributed by atoms with Crippen LogP contribution in [0.5, 0.6) is 0 Å². The van der Waals surface area contributed by atoms with Crippen LogP contribution < -0.4 is 0 Å². The van der Waals surface area contributed by atoms with Gasteiger partial charge in [0.2, 0.25) is 5.91 Å². The Hall–Kier alpha value is -2.59. The Morgan fingerprint density at radius 3 is 2.70 bits per heavy atom. The van der Waals surface area contributed by atoms with E-state index in [1.165, 1.54) is 33.2 Å². The first-order valence-electron chi connectivity index (χ1n) is 9.71. The number of carbonyl (C=O) groups is 1. The number of benzene rings is 2. The lowest BCUT2D eigenvalue weighted by molar-refractivity contribution is -0.136. The molecule has 4 nitrogen and oxygen atoms in total. The quantitative estimate of drug-likeness (QED) is 0.753. The summed E-state index contributed by atoms with van der Waals surface area (Å²) in [7, 11) is 0. The van der Waals surface area contributed by atoms with E-state index in [0.29, 0.717) is 6.54 Å². The normalized spacial score (nSPS) is 15.6. The van der Waals surface area contributed by atoms with Crippen molar-refractivity contribution in [2.75, 3.05) is 26.2 Å². The highest BCUT2D eigenvalue weighted by molar-refractivity contribution is 5.83. The van der Waals surface area contributed by atoms with Crippen molar-refractivity contribution in [2.45, 2.75) is 26.8 Å². The van der Waals surface area contributed by atoms with E-state index in [-0.39, 0.29) is 5.91 Å². The van der Waals surface area contributed by atoms with Gasteiger partial charge >= 0.3 is 0 Å². The minimum absolute atomic E-state index is 0.235. The number of hydrogen-bond acceptors (Lipinski definition) is 2. The van der Waals surface area contributed by atoms with Gasteiger partial charge < -0.3 is 9.88 Å². The highest BCUT2D eigenvalue weighted by Gasteiger charge is 2.23. The Bertz CT molecular complexity index is 959. The van der Waals surface area contributed by atoms with E-state index in [4.69, 9.17) is 0 Å². The van der Waals surface area contributed by atoms with Crippen LogP contribution in [0, 0.1) is 13.8 Å². The Morgan fingerprint density at radius 1 is 1.04 bits per heavy atom. The zero-order valence-electron chi connectivity index (χ0n) is 16.2. The SMILES string of the molecule is Cc1ccc(CN2CCN(CCc3c[nH]c4ccccc34)CC2=O)cc1C. The van der Waals surface area contributed by atoms with E-state index in [9.17, 15) is 4.79 Å². The second-order valence-electron chi connectivity index (χ2n) is 7.62. The topological polar surface area (TPSA) is 39.3 Å². The van der Waals surface area contributed by atoms with Crippen LogP contribution in [-0.4, -0.2) is 46.9 Å². The number of nitrogens with one attached hydrogen (secondary N) is 1. The lowest BCUT2D eigenvalue weighted by atomic mass is 10.1. The fourth-order valence-corrected chi connectivity index (χ4v) is 3.85. The molecule has 1 fully saturated rings. The van der Waals surface area contributed by atoms with Gasteiger partial charge in [0, 0.05) is 43.3 Å². The number of aromatic amines is 1. The van der Waals surface area contributed by atoms with Crippen LogP contribution in [0.2, 0.25) is 0 Å². The summed E-state index contributed by atoms with van der Waals surface area (Å²) in [6.07, 6.45) is 3.07. The average molecular weight is 361 g/mol. The van der Waals surface area contributed by atoms with Crippen LogP contribution in [0.3, 0.4) is 0 Å². The third kappa shape index (κ3) is 3.91. The third-order valence-electron chi connectivity index (χ3n) is 5.71. The lowest BCUT2D eigenvalue weighted by Gasteiger charge is -2.34. The molecule has 27 heavy (non-hydrogen) atoms. The van der Waals surface area contributed by atoms with Crippen LogP contribution in [0.4, 0.5) is 0 Å². The van der Waals surface area contributed by atoms with Gasteiger partial charge in [0.05, 0.1) is 6.54 Å². The van der Waals surface area contributed by atoms with Crippen molar-refractivity contribution in [1.29, 1.82) is 0 Å².